The highest BCUT2D eigenvalue weighted by Crippen LogP contribution is 2.38. The van der Waals surface area contributed by atoms with Gasteiger partial charge in [-0.1, -0.05) is 42.1 Å². The smallest absolute Gasteiger partial charge is 0.409 e. The van der Waals surface area contributed by atoms with Crippen molar-refractivity contribution in [2.45, 2.75) is 23.9 Å². The van der Waals surface area contributed by atoms with Crippen molar-refractivity contribution < 1.29 is 27.2 Å². The van der Waals surface area contributed by atoms with Gasteiger partial charge in [-0.15, -0.1) is 10.2 Å². The zero-order valence-electron chi connectivity index (χ0n) is 15.8. The van der Waals surface area contributed by atoms with Crippen LogP contribution in [0.4, 0.5) is 24.5 Å². The lowest BCUT2D eigenvalue weighted by atomic mass is 10.1. The van der Waals surface area contributed by atoms with E-state index in [1.165, 1.54) is 18.2 Å². The number of alkyl halides is 3. The van der Waals surface area contributed by atoms with Crippen LogP contribution in [-0.2, 0) is 9.59 Å². The van der Waals surface area contributed by atoms with E-state index in [1.54, 1.807) is 30.3 Å². The number of anilines is 2. The number of amides is 2. The van der Waals surface area contributed by atoms with E-state index in [4.69, 9.17) is 4.42 Å². The van der Waals surface area contributed by atoms with E-state index in [9.17, 15) is 22.8 Å². The van der Waals surface area contributed by atoms with Gasteiger partial charge in [-0.25, -0.2) is 0 Å². The van der Waals surface area contributed by atoms with Crippen LogP contribution in [0.2, 0.25) is 0 Å². The molecule has 0 spiro atoms. The molecule has 0 fully saturated rings. The molecule has 11 heteroatoms. The summed E-state index contributed by atoms with van der Waals surface area (Å²) in [5.41, 5.74) is 0.801. The van der Waals surface area contributed by atoms with Gasteiger partial charge in [0, 0.05) is 5.56 Å². The maximum atomic E-state index is 13.7. The van der Waals surface area contributed by atoms with E-state index in [-0.39, 0.29) is 28.2 Å². The minimum Gasteiger partial charge on any atom is -0.411 e. The molecule has 31 heavy (non-hydrogen) atoms. The highest BCUT2D eigenvalue weighted by atomic mass is 32.2. The van der Waals surface area contributed by atoms with E-state index in [1.807, 2.05) is 6.07 Å². The predicted octanol–water partition coefficient (Wildman–Crippen LogP) is 4.14. The fourth-order valence-corrected chi connectivity index (χ4v) is 3.78. The maximum absolute atomic E-state index is 13.7. The summed E-state index contributed by atoms with van der Waals surface area (Å²) in [7, 11) is 0. The van der Waals surface area contributed by atoms with E-state index in [0.29, 0.717) is 10.5 Å². The van der Waals surface area contributed by atoms with Crippen molar-refractivity contribution >= 4 is 35.0 Å². The Morgan fingerprint density at radius 2 is 1.84 bits per heavy atom. The molecule has 1 atom stereocenters. The molecule has 1 aliphatic heterocycles. The molecule has 1 N–H and O–H groups in total. The van der Waals surface area contributed by atoms with Crippen molar-refractivity contribution in [2.24, 2.45) is 0 Å². The second kappa shape index (κ2) is 8.42. The van der Waals surface area contributed by atoms with Gasteiger partial charge in [0.05, 0.1) is 23.5 Å². The summed E-state index contributed by atoms with van der Waals surface area (Å²) in [4.78, 5) is 25.5. The van der Waals surface area contributed by atoms with Crippen molar-refractivity contribution in [1.29, 1.82) is 0 Å². The second-order valence-electron chi connectivity index (χ2n) is 6.62. The molecular formula is C20H15F3N4O3S. The topological polar surface area (TPSA) is 88.3 Å². The lowest BCUT2D eigenvalue weighted by molar-refractivity contribution is -0.157. The molecule has 0 bridgehead atoms. The molecule has 2 aromatic carbocycles. The Hall–Kier alpha value is -3.34. The van der Waals surface area contributed by atoms with Gasteiger partial charge in [0.2, 0.25) is 17.7 Å². The molecule has 4 rings (SSSR count). The van der Waals surface area contributed by atoms with Crippen LogP contribution in [0.3, 0.4) is 0 Å². The molecule has 0 aliphatic carbocycles. The minimum atomic E-state index is -4.79. The summed E-state index contributed by atoms with van der Waals surface area (Å²) in [6.07, 6.45) is -5.69. The first kappa shape index (κ1) is 20.9. The third kappa shape index (κ3) is 4.55. The molecule has 160 valence electrons. The largest absolute Gasteiger partial charge is 0.411 e. The quantitative estimate of drug-likeness (QED) is 0.604. The lowest BCUT2D eigenvalue weighted by Gasteiger charge is -2.31. The van der Waals surface area contributed by atoms with E-state index in [0.717, 1.165) is 11.8 Å². The van der Waals surface area contributed by atoms with Crippen LogP contribution >= 0.6 is 11.8 Å². The summed E-state index contributed by atoms with van der Waals surface area (Å²) in [5, 5.41) is 10.2. The number of carbonyl (C=O) groups is 2. The van der Waals surface area contributed by atoms with Crippen molar-refractivity contribution in [2.75, 3.05) is 16.0 Å². The first-order valence-corrected chi connectivity index (χ1v) is 10.1. The maximum Gasteiger partial charge on any atom is 0.409 e. The van der Waals surface area contributed by atoms with Gasteiger partial charge in [0.1, 0.15) is 6.04 Å². The molecule has 2 heterocycles. The predicted molar refractivity (Wildman–Crippen MR) is 107 cm³/mol. The van der Waals surface area contributed by atoms with Crippen LogP contribution in [0.5, 0.6) is 0 Å². The highest BCUT2D eigenvalue weighted by Gasteiger charge is 2.48. The number of nitrogens with one attached hydrogen (secondary N) is 1. The molecule has 7 nitrogen and oxygen atoms in total. The number of fused-ring (bicyclic) bond motifs is 1. The number of thioether (sulfide) groups is 1. The summed E-state index contributed by atoms with van der Waals surface area (Å²) in [6, 6.07) is 12.5. The fourth-order valence-electron chi connectivity index (χ4n) is 3.15. The van der Waals surface area contributed by atoms with Gasteiger partial charge in [0.25, 0.3) is 5.22 Å². The number of para-hydroxylation sites is 2. The number of carbonyl (C=O) groups excluding carboxylic acids is 2. The monoisotopic (exact) mass is 448 g/mol. The number of aromatic nitrogens is 2. The highest BCUT2D eigenvalue weighted by molar-refractivity contribution is 7.99. The van der Waals surface area contributed by atoms with Gasteiger partial charge in [-0.3, -0.25) is 14.5 Å². The first-order chi connectivity index (χ1) is 14.8. The van der Waals surface area contributed by atoms with Crippen LogP contribution in [0.25, 0.3) is 11.5 Å². The average molecular weight is 448 g/mol. The molecule has 0 radical (unpaired) electrons. The van der Waals surface area contributed by atoms with Gasteiger partial charge in [-0.05, 0) is 24.3 Å². The standard InChI is InChI=1S/C20H15F3N4O3S/c21-20(22,23)15-10-16(28)24-13-8-4-5-9-14(13)27(15)17(29)11-31-19-26-25-18(30-19)12-6-2-1-3-7-12/h1-9,15H,10-11H2,(H,24,28)/t15-/m1/s1. The number of rotatable bonds is 4. The van der Waals surface area contributed by atoms with Crippen molar-refractivity contribution in [3.63, 3.8) is 0 Å². The van der Waals surface area contributed by atoms with E-state index < -0.39 is 30.5 Å². The Kier molecular flexibility index (Phi) is 5.68. The molecule has 1 aliphatic rings. The van der Waals surface area contributed by atoms with E-state index >= 15 is 0 Å². The van der Waals surface area contributed by atoms with Gasteiger partial charge in [-0.2, -0.15) is 13.2 Å². The number of hydrogen-bond donors (Lipinski definition) is 1. The molecule has 1 aromatic heterocycles. The summed E-state index contributed by atoms with van der Waals surface area (Å²) >= 11 is 0.828. The third-order valence-corrected chi connectivity index (χ3v) is 5.32. The summed E-state index contributed by atoms with van der Waals surface area (Å²) < 4.78 is 46.7. The minimum absolute atomic E-state index is 0.0169. The van der Waals surface area contributed by atoms with Crippen molar-refractivity contribution in [1.82, 2.24) is 10.2 Å². The number of nitrogens with zero attached hydrogens (tertiary/aromatic N) is 3. The van der Waals surface area contributed by atoms with Gasteiger partial charge >= 0.3 is 6.18 Å². The third-order valence-electron chi connectivity index (χ3n) is 4.52. The van der Waals surface area contributed by atoms with Crippen LogP contribution < -0.4 is 10.2 Å². The van der Waals surface area contributed by atoms with Crippen LogP contribution in [-0.4, -0.2) is 40.0 Å². The number of hydrogen-bond acceptors (Lipinski definition) is 6. The van der Waals surface area contributed by atoms with Gasteiger partial charge in [0.15, 0.2) is 0 Å². The average Bonchev–Trinajstić information content (AvgIpc) is 3.15. The number of benzene rings is 2. The van der Waals surface area contributed by atoms with Gasteiger partial charge < -0.3 is 9.73 Å². The zero-order valence-corrected chi connectivity index (χ0v) is 16.6. The SMILES string of the molecule is O=C1C[C@H](C(F)(F)F)N(C(=O)CSc2nnc(-c3ccccc3)o2)c2ccccc2N1. The zero-order chi connectivity index (χ0) is 22.0. The Balaban J connectivity index is 1.57. The van der Waals surface area contributed by atoms with E-state index in [2.05, 4.69) is 15.5 Å². The second-order valence-corrected chi connectivity index (χ2v) is 7.55. The Morgan fingerprint density at radius 3 is 2.58 bits per heavy atom. The summed E-state index contributed by atoms with van der Waals surface area (Å²) in [5.74, 6) is -1.80. The van der Waals surface area contributed by atoms with Crippen LogP contribution in [0.1, 0.15) is 6.42 Å². The molecular weight excluding hydrogens is 433 g/mol. The summed E-state index contributed by atoms with van der Waals surface area (Å²) in [6.45, 7) is 0. The lowest BCUT2D eigenvalue weighted by Crippen LogP contribution is -2.50. The van der Waals surface area contributed by atoms with Crippen LogP contribution in [0.15, 0.2) is 64.2 Å². The molecule has 0 saturated carbocycles. The molecule has 0 unspecified atom stereocenters. The Labute approximate surface area is 178 Å². The number of halogens is 3. The fraction of sp³-hybridized carbons (Fsp3) is 0.200. The molecule has 3 aromatic rings. The van der Waals surface area contributed by atoms with Crippen LogP contribution in [0, 0.1) is 0 Å². The molecule has 2 amide bonds. The molecule has 0 saturated heterocycles. The Morgan fingerprint density at radius 1 is 1.13 bits per heavy atom. The normalized spacial score (nSPS) is 16.4. The van der Waals surface area contributed by atoms with Crippen molar-refractivity contribution in [3.8, 4) is 11.5 Å². The van der Waals surface area contributed by atoms with Crippen molar-refractivity contribution in [3.05, 3.63) is 54.6 Å². The Bertz CT molecular complexity index is 1100. The first-order valence-electron chi connectivity index (χ1n) is 9.12.